The van der Waals surface area contributed by atoms with Crippen LogP contribution in [0.5, 0.6) is 5.75 Å². The molecule has 0 saturated heterocycles. The third-order valence-corrected chi connectivity index (χ3v) is 3.17. The van der Waals surface area contributed by atoms with Crippen molar-refractivity contribution >= 4 is 11.6 Å². The van der Waals surface area contributed by atoms with Crippen LogP contribution < -0.4 is 15.8 Å². The molecule has 1 rings (SSSR count). The normalized spacial score (nSPS) is 13.7. The second-order valence-electron chi connectivity index (χ2n) is 5.14. The summed E-state index contributed by atoms with van der Waals surface area (Å²) in [6.07, 6.45) is 2.58. The number of hydrogen-bond donors (Lipinski definition) is 2. The highest BCUT2D eigenvalue weighted by Gasteiger charge is 2.15. The van der Waals surface area contributed by atoms with E-state index >= 15 is 0 Å². The first-order chi connectivity index (χ1) is 9.43. The van der Waals surface area contributed by atoms with Gasteiger partial charge >= 0.3 is 0 Å². The number of hydrogen-bond acceptors (Lipinski definition) is 3. The molecule has 0 aromatic heterocycles. The average molecular weight is 282 g/mol. The van der Waals surface area contributed by atoms with Crippen molar-refractivity contribution in [1.29, 1.82) is 0 Å². The molecule has 5 heteroatoms. The van der Waals surface area contributed by atoms with Crippen molar-refractivity contribution in [2.45, 2.75) is 39.2 Å². The van der Waals surface area contributed by atoms with E-state index in [4.69, 9.17) is 10.5 Å². The number of rotatable bonds is 7. The van der Waals surface area contributed by atoms with E-state index in [2.05, 4.69) is 5.32 Å². The van der Waals surface area contributed by atoms with E-state index in [0.29, 0.717) is 11.4 Å². The van der Waals surface area contributed by atoms with Gasteiger partial charge in [0.1, 0.15) is 11.6 Å². The predicted molar refractivity (Wildman–Crippen MR) is 78.2 cm³/mol. The number of benzene rings is 1. The highest BCUT2D eigenvalue weighted by molar-refractivity contribution is 5.93. The van der Waals surface area contributed by atoms with Gasteiger partial charge in [-0.2, -0.15) is 0 Å². The van der Waals surface area contributed by atoms with Gasteiger partial charge in [-0.15, -0.1) is 0 Å². The lowest BCUT2D eigenvalue weighted by atomic mass is 10.0. The monoisotopic (exact) mass is 282 g/mol. The lowest BCUT2D eigenvalue weighted by Gasteiger charge is -2.15. The summed E-state index contributed by atoms with van der Waals surface area (Å²) < 4.78 is 18.1. The van der Waals surface area contributed by atoms with Crippen molar-refractivity contribution in [3.8, 4) is 5.75 Å². The molecule has 112 valence electrons. The van der Waals surface area contributed by atoms with Crippen LogP contribution in [0.4, 0.5) is 10.1 Å². The molecule has 3 N–H and O–H groups in total. The Kier molecular flexibility index (Phi) is 6.45. The van der Waals surface area contributed by atoms with Crippen LogP contribution in [-0.4, -0.2) is 19.1 Å². The first-order valence-electron chi connectivity index (χ1n) is 6.84. The Labute approximate surface area is 119 Å². The van der Waals surface area contributed by atoms with Gasteiger partial charge in [0.05, 0.1) is 12.8 Å². The molecule has 2 unspecified atom stereocenters. The smallest absolute Gasteiger partial charge is 0.227 e. The highest BCUT2D eigenvalue weighted by Crippen LogP contribution is 2.25. The minimum atomic E-state index is -0.398. The van der Waals surface area contributed by atoms with E-state index in [1.54, 1.807) is 0 Å². The lowest BCUT2D eigenvalue weighted by Crippen LogP contribution is -2.21. The Balaban J connectivity index is 2.57. The third kappa shape index (κ3) is 5.17. The minimum Gasteiger partial charge on any atom is -0.494 e. The largest absolute Gasteiger partial charge is 0.494 e. The quantitative estimate of drug-likeness (QED) is 0.808. The van der Waals surface area contributed by atoms with Gasteiger partial charge in [0, 0.05) is 18.0 Å². The molecule has 0 aliphatic rings. The number of halogens is 1. The van der Waals surface area contributed by atoms with E-state index in [9.17, 15) is 9.18 Å². The van der Waals surface area contributed by atoms with Gasteiger partial charge < -0.3 is 15.8 Å². The molecule has 0 heterocycles. The topological polar surface area (TPSA) is 64.3 Å². The molecule has 1 aromatic rings. The van der Waals surface area contributed by atoms with Gasteiger partial charge in [0.25, 0.3) is 0 Å². The van der Waals surface area contributed by atoms with Crippen molar-refractivity contribution in [3.05, 3.63) is 24.0 Å². The fraction of sp³-hybridized carbons (Fsp3) is 0.533. The molecule has 0 aliphatic carbocycles. The van der Waals surface area contributed by atoms with Crippen LogP contribution in [0.1, 0.15) is 33.1 Å². The zero-order chi connectivity index (χ0) is 15.1. The number of nitrogens with two attached hydrogens (primary N) is 1. The van der Waals surface area contributed by atoms with Crippen molar-refractivity contribution in [2.75, 3.05) is 12.4 Å². The predicted octanol–water partition coefficient (Wildman–Crippen LogP) is 2.93. The summed E-state index contributed by atoms with van der Waals surface area (Å²) in [5, 5.41) is 2.76. The zero-order valence-electron chi connectivity index (χ0n) is 12.3. The van der Waals surface area contributed by atoms with Crippen molar-refractivity contribution in [2.24, 2.45) is 11.7 Å². The van der Waals surface area contributed by atoms with E-state index in [-0.39, 0.29) is 17.9 Å². The number of anilines is 1. The maximum atomic E-state index is 13.1. The fourth-order valence-corrected chi connectivity index (χ4v) is 1.90. The van der Waals surface area contributed by atoms with E-state index in [1.807, 2.05) is 13.8 Å². The number of ether oxygens (including phenoxy) is 1. The Morgan fingerprint density at radius 1 is 1.40 bits per heavy atom. The molecule has 0 aliphatic heterocycles. The molecular formula is C15H23FN2O2. The van der Waals surface area contributed by atoms with Crippen LogP contribution in [0.15, 0.2) is 18.2 Å². The average Bonchev–Trinajstić information content (AvgIpc) is 2.40. The number of carbonyl (C=O) groups excluding carboxylic acids is 1. The van der Waals surface area contributed by atoms with Gasteiger partial charge in [-0.1, -0.05) is 13.3 Å². The van der Waals surface area contributed by atoms with Crippen molar-refractivity contribution < 1.29 is 13.9 Å². The SMILES string of the molecule is COc1cc(F)ccc1NC(=O)C(C)CCCC(C)N. The van der Waals surface area contributed by atoms with Gasteiger partial charge in [-0.05, 0) is 31.9 Å². The van der Waals surface area contributed by atoms with Crippen LogP contribution in [0.2, 0.25) is 0 Å². The summed E-state index contributed by atoms with van der Waals surface area (Å²) in [6.45, 7) is 3.82. The van der Waals surface area contributed by atoms with Gasteiger partial charge in [0.15, 0.2) is 0 Å². The molecular weight excluding hydrogens is 259 g/mol. The second kappa shape index (κ2) is 7.85. The van der Waals surface area contributed by atoms with E-state index < -0.39 is 5.82 Å². The Hall–Kier alpha value is -1.62. The third-order valence-electron chi connectivity index (χ3n) is 3.17. The van der Waals surface area contributed by atoms with Crippen LogP contribution in [0.3, 0.4) is 0 Å². The zero-order valence-corrected chi connectivity index (χ0v) is 12.3. The van der Waals surface area contributed by atoms with Crippen molar-refractivity contribution in [1.82, 2.24) is 0 Å². The standard InChI is InChI=1S/C15H23FN2O2/c1-10(5-4-6-11(2)17)15(19)18-13-8-7-12(16)9-14(13)20-3/h7-11H,4-6,17H2,1-3H3,(H,18,19). The summed E-state index contributed by atoms with van der Waals surface area (Å²) in [6, 6.07) is 4.19. The molecule has 1 amide bonds. The number of carbonyl (C=O) groups is 1. The summed E-state index contributed by atoms with van der Waals surface area (Å²) in [4.78, 5) is 12.0. The van der Waals surface area contributed by atoms with Crippen LogP contribution >= 0.6 is 0 Å². The van der Waals surface area contributed by atoms with Gasteiger partial charge in [-0.3, -0.25) is 4.79 Å². The Morgan fingerprint density at radius 2 is 2.10 bits per heavy atom. The van der Waals surface area contributed by atoms with E-state index in [0.717, 1.165) is 19.3 Å². The lowest BCUT2D eigenvalue weighted by molar-refractivity contribution is -0.119. The Morgan fingerprint density at radius 3 is 2.70 bits per heavy atom. The molecule has 4 nitrogen and oxygen atoms in total. The molecule has 0 bridgehead atoms. The number of nitrogens with one attached hydrogen (secondary N) is 1. The molecule has 1 aromatic carbocycles. The van der Waals surface area contributed by atoms with E-state index in [1.165, 1.54) is 25.3 Å². The first kappa shape index (κ1) is 16.4. The number of methoxy groups -OCH3 is 1. The van der Waals surface area contributed by atoms with Gasteiger partial charge in [-0.25, -0.2) is 4.39 Å². The fourth-order valence-electron chi connectivity index (χ4n) is 1.90. The summed E-state index contributed by atoms with van der Waals surface area (Å²) in [5.74, 6) is -0.297. The van der Waals surface area contributed by atoms with Crippen LogP contribution in [0.25, 0.3) is 0 Å². The van der Waals surface area contributed by atoms with Crippen molar-refractivity contribution in [3.63, 3.8) is 0 Å². The molecule has 0 fully saturated rings. The van der Waals surface area contributed by atoms with Crippen LogP contribution in [-0.2, 0) is 4.79 Å². The molecule has 2 atom stereocenters. The second-order valence-corrected chi connectivity index (χ2v) is 5.14. The maximum absolute atomic E-state index is 13.1. The molecule has 0 spiro atoms. The molecule has 20 heavy (non-hydrogen) atoms. The molecule has 0 radical (unpaired) electrons. The Bertz CT molecular complexity index is 449. The summed E-state index contributed by atoms with van der Waals surface area (Å²) in [7, 11) is 1.44. The maximum Gasteiger partial charge on any atom is 0.227 e. The summed E-state index contributed by atoms with van der Waals surface area (Å²) >= 11 is 0. The minimum absolute atomic E-state index is 0.0976. The van der Waals surface area contributed by atoms with Crippen LogP contribution in [0, 0.1) is 11.7 Å². The highest BCUT2D eigenvalue weighted by atomic mass is 19.1. The first-order valence-corrected chi connectivity index (χ1v) is 6.84. The van der Waals surface area contributed by atoms with Gasteiger partial charge in [0.2, 0.25) is 5.91 Å². The molecule has 0 saturated carbocycles. The summed E-state index contributed by atoms with van der Waals surface area (Å²) in [5.41, 5.74) is 6.16. The number of amides is 1.